The lowest BCUT2D eigenvalue weighted by Gasteiger charge is -2.37. The van der Waals surface area contributed by atoms with Gasteiger partial charge < -0.3 is 9.55 Å². The molecule has 4 aromatic rings. The van der Waals surface area contributed by atoms with E-state index in [2.05, 4.69) is 33.7 Å². The smallest absolute Gasteiger partial charge is 0.214 e. The van der Waals surface area contributed by atoms with Crippen LogP contribution in [0.15, 0.2) is 55.0 Å². The fourth-order valence-electron chi connectivity index (χ4n) is 4.63. The summed E-state index contributed by atoms with van der Waals surface area (Å²) in [6.45, 7) is 3.26. The second kappa shape index (κ2) is 7.97. The molecule has 5 rings (SSSR count). The van der Waals surface area contributed by atoms with Crippen LogP contribution in [0, 0.1) is 5.92 Å². The minimum atomic E-state index is -3.37. The average Bonchev–Trinajstić information content (AvgIpc) is 3.39. The predicted molar refractivity (Wildman–Crippen MR) is 125 cm³/mol. The zero-order valence-electron chi connectivity index (χ0n) is 17.3. The summed E-state index contributed by atoms with van der Waals surface area (Å²) in [5.41, 5.74) is 2.90. The molecule has 0 unspecified atom stereocenters. The first-order valence-corrected chi connectivity index (χ1v) is 12.6. The lowest BCUT2D eigenvalue weighted by atomic mass is 9.94. The molecule has 0 bridgehead atoms. The molecule has 0 amide bonds. The van der Waals surface area contributed by atoms with Crippen LogP contribution in [-0.4, -0.2) is 46.1 Å². The van der Waals surface area contributed by atoms with Crippen LogP contribution in [0.1, 0.15) is 24.9 Å². The predicted octanol–water partition coefficient (Wildman–Crippen LogP) is 4.63. The number of nitrogens with zero attached hydrogens (tertiary/aromatic N) is 3. The Kier molecular flexibility index (Phi) is 5.28. The van der Waals surface area contributed by atoms with Gasteiger partial charge in [0.25, 0.3) is 0 Å². The van der Waals surface area contributed by atoms with E-state index in [1.54, 1.807) is 10.4 Å². The van der Waals surface area contributed by atoms with Crippen molar-refractivity contribution in [2.75, 3.05) is 18.8 Å². The van der Waals surface area contributed by atoms with Crippen molar-refractivity contribution in [1.82, 2.24) is 18.8 Å². The van der Waals surface area contributed by atoms with Crippen molar-refractivity contribution in [1.29, 1.82) is 0 Å². The van der Waals surface area contributed by atoms with Crippen molar-refractivity contribution in [2.45, 2.75) is 25.8 Å². The van der Waals surface area contributed by atoms with Gasteiger partial charge in [0.2, 0.25) is 10.0 Å². The van der Waals surface area contributed by atoms with Crippen molar-refractivity contribution < 1.29 is 8.42 Å². The van der Waals surface area contributed by atoms with Gasteiger partial charge in [0, 0.05) is 47.5 Å². The Bertz CT molecular complexity index is 1340. The van der Waals surface area contributed by atoms with Crippen molar-refractivity contribution in [3.8, 4) is 0 Å². The maximum atomic E-state index is 13.2. The number of aromatic nitrogens is 3. The third kappa shape index (κ3) is 3.86. The second-order valence-electron chi connectivity index (χ2n) is 8.41. The molecule has 31 heavy (non-hydrogen) atoms. The summed E-state index contributed by atoms with van der Waals surface area (Å²) < 4.78 is 30.3. The molecule has 162 valence electrons. The molecule has 8 heteroatoms. The van der Waals surface area contributed by atoms with Crippen molar-refractivity contribution in [3.63, 3.8) is 0 Å². The minimum Gasteiger partial charge on any atom is -0.346 e. The summed E-state index contributed by atoms with van der Waals surface area (Å²) in [7, 11) is -3.37. The van der Waals surface area contributed by atoms with Crippen LogP contribution in [-0.2, 0) is 16.4 Å². The van der Waals surface area contributed by atoms with Gasteiger partial charge in [0.1, 0.15) is 5.65 Å². The van der Waals surface area contributed by atoms with E-state index in [4.69, 9.17) is 11.6 Å². The summed E-state index contributed by atoms with van der Waals surface area (Å²) in [5.74, 6) is 0.462. The van der Waals surface area contributed by atoms with Gasteiger partial charge in [-0.05, 0) is 48.6 Å². The third-order valence-corrected chi connectivity index (χ3v) is 8.50. The van der Waals surface area contributed by atoms with E-state index in [1.165, 1.54) is 0 Å². The van der Waals surface area contributed by atoms with Gasteiger partial charge in [-0.3, -0.25) is 0 Å². The second-order valence-corrected chi connectivity index (χ2v) is 10.9. The lowest BCUT2D eigenvalue weighted by Crippen LogP contribution is -2.44. The fourth-order valence-corrected chi connectivity index (χ4v) is 6.36. The number of hydrogen-bond acceptors (Lipinski definition) is 3. The Morgan fingerprint density at radius 1 is 1.26 bits per heavy atom. The van der Waals surface area contributed by atoms with Gasteiger partial charge in [-0.2, -0.15) is 4.31 Å². The van der Waals surface area contributed by atoms with Crippen LogP contribution in [0.25, 0.3) is 21.9 Å². The summed E-state index contributed by atoms with van der Waals surface area (Å²) >= 11 is 6.05. The topological polar surface area (TPSA) is 71.0 Å². The molecular weight excluding hydrogens is 432 g/mol. The SMILES string of the molecule is C[C@@H]1CCN(S(=O)(=O)CCc2cccc(Cl)c2)C[C@@H]1n1ccc2cnc3[nH]ccc3c21. The lowest BCUT2D eigenvalue weighted by molar-refractivity contribution is 0.205. The number of sulfonamides is 1. The number of halogens is 1. The highest BCUT2D eigenvalue weighted by Gasteiger charge is 2.34. The number of aromatic amines is 1. The molecule has 1 fully saturated rings. The molecule has 4 heterocycles. The standard InChI is InChI=1S/C23H25ClN4O2S/c1-16-6-10-27(31(29,30)12-8-17-3-2-4-19(24)13-17)15-21(16)28-11-7-18-14-26-23-20(22(18)28)5-9-25-23/h2-5,7,9,11,13-14,16,21H,6,8,10,12,15H2,1H3,(H,25,26)/t16-,21+/m1/s1. The van der Waals surface area contributed by atoms with Gasteiger partial charge in [-0.1, -0.05) is 30.7 Å². The number of H-pyrrole nitrogens is 1. The van der Waals surface area contributed by atoms with Gasteiger partial charge in [0.05, 0.1) is 17.3 Å². The Morgan fingerprint density at radius 2 is 2.13 bits per heavy atom. The molecular formula is C23H25ClN4O2S. The molecule has 6 nitrogen and oxygen atoms in total. The van der Waals surface area contributed by atoms with E-state index < -0.39 is 10.0 Å². The highest BCUT2D eigenvalue weighted by atomic mass is 35.5. The zero-order chi connectivity index (χ0) is 21.6. The van der Waals surface area contributed by atoms with Crippen molar-refractivity contribution >= 4 is 43.6 Å². The molecule has 1 aliphatic heterocycles. The molecule has 0 aliphatic carbocycles. The molecule has 2 atom stereocenters. The normalized spacial score (nSPS) is 20.6. The Hall–Kier alpha value is -2.35. The Labute approximate surface area is 186 Å². The number of hydrogen-bond donors (Lipinski definition) is 1. The molecule has 1 N–H and O–H groups in total. The van der Waals surface area contributed by atoms with E-state index >= 15 is 0 Å². The number of benzene rings is 1. The molecule has 0 spiro atoms. The van der Waals surface area contributed by atoms with Crippen LogP contribution in [0.3, 0.4) is 0 Å². The third-order valence-electron chi connectivity index (χ3n) is 6.43. The quantitative estimate of drug-likeness (QED) is 0.476. The summed E-state index contributed by atoms with van der Waals surface area (Å²) in [6, 6.07) is 11.6. The molecule has 1 saturated heterocycles. The summed E-state index contributed by atoms with van der Waals surface area (Å²) in [4.78, 5) is 7.65. The zero-order valence-corrected chi connectivity index (χ0v) is 18.9. The number of rotatable bonds is 5. The van der Waals surface area contributed by atoms with Gasteiger partial charge in [-0.15, -0.1) is 0 Å². The van der Waals surface area contributed by atoms with Crippen LogP contribution < -0.4 is 0 Å². The number of piperidine rings is 1. The monoisotopic (exact) mass is 456 g/mol. The molecule has 0 saturated carbocycles. The van der Waals surface area contributed by atoms with Crippen LogP contribution in [0.4, 0.5) is 0 Å². The maximum Gasteiger partial charge on any atom is 0.214 e. The first-order chi connectivity index (χ1) is 14.9. The fraction of sp³-hybridized carbons (Fsp3) is 0.348. The van der Waals surface area contributed by atoms with Gasteiger partial charge in [0.15, 0.2) is 0 Å². The van der Waals surface area contributed by atoms with Crippen molar-refractivity contribution in [2.24, 2.45) is 5.92 Å². The minimum absolute atomic E-state index is 0.0766. The molecule has 0 radical (unpaired) electrons. The number of nitrogens with one attached hydrogen (secondary N) is 1. The first-order valence-electron chi connectivity index (χ1n) is 10.6. The van der Waals surface area contributed by atoms with E-state index in [-0.39, 0.29) is 11.8 Å². The highest BCUT2D eigenvalue weighted by molar-refractivity contribution is 7.89. The van der Waals surface area contributed by atoms with E-state index in [9.17, 15) is 8.42 Å². The van der Waals surface area contributed by atoms with Crippen LogP contribution in [0.2, 0.25) is 5.02 Å². The van der Waals surface area contributed by atoms with E-state index in [0.717, 1.165) is 33.9 Å². The number of pyridine rings is 1. The number of fused-ring (bicyclic) bond motifs is 3. The molecule has 3 aromatic heterocycles. The molecule has 1 aliphatic rings. The van der Waals surface area contributed by atoms with Gasteiger partial charge in [-0.25, -0.2) is 13.4 Å². The number of aryl methyl sites for hydroxylation is 1. The van der Waals surface area contributed by atoms with E-state index in [0.29, 0.717) is 30.5 Å². The largest absolute Gasteiger partial charge is 0.346 e. The summed E-state index contributed by atoms with van der Waals surface area (Å²) in [5, 5.41) is 2.77. The Balaban J connectivity index is 1.41. The van der Waals surface area contributed by atoms with Crippen LogP contribution >= 0.6 is 11.6 Å². The summed E-state index contributed by atoms with van der Waals surface area (Å²) in [6.07, 6.45) is 7.13. The first kappa shape index (κ1) is 20.5. The molecule has 1 aromatic carbocycles. The Morgan fingerprint density at radius 3 is 2.97 bits per heavy atom. The van der Waals surface area contributed by atoms with Gasteiger partial charge >= 0.3 is 0 Å². The van der Waals surface area contributed by atoms with E-state index in [1.807, 2.05) is 36.7 Å². The highest BCUT2D eigenvalue weighted by Crippen LogP contribution is 2.34. The van der Waals surface area contributed by atoms with Crippen LogP contribution in [0.5, 0.6) is 0 Å². The average molecular weight is 457 g/mol. The maximum absolute atomic E-state index is 13.2. The van der Waals surface area contributed by atoms with Crippen molar-refractivity contribution in [3.05, 3.63) is 65.6 Å².